The van der Waals surface area contributed by atoms with Crippen LogP contribution in [0.3, 0.4) is 0 Å². The molecule has 16 heavy (non-hydrogen) atoms. The first-order valence-electron chi connectivity index (χ1n) is 4.88. The van der Waals surface area contributed by atoms with Gasteiger partial charge >= 0.3 is 0 Å². The number of rotatable bonds is 5. The van der Waals surface area contributed by atoms with Crippen molar-refractivity contribution in [2.24, 2.45) is 0 Å². The number of aliphatic hydroxyl groups excluding tert-OH is 1. The zero-order valence-electron chi connectivity index (χ0n) is 9.58. The maximum Gasteiger partial charge on any atom is 0.138 e. The number of hydrogen-bond donors (Lipinski definition) is 2. The Balaban J connectivity index is 3.20. The number of ether oxygens (including phenoxy) is 2. The van der Waals surface area contributed by atoms with E-state index in [4.69, 9.17) is 21.1 Å². The van der Waals surface area contributed by atoms with Crippen molar-refractivity contribution in [2.75, 3.05) is 27.8 Å². The lowest BCUT2D eigenvalue weighted by Gasteiger charge is -2.17. The molecule has 1 aromatic carbocycles. The molecule has 5 heteroatoms. The molecule has 0 saturated carbocycles. The number of halogens is 1. The van der Waals surface area contributed by atoms with Crippen LogP contribution in [-0.2, 0) is 0 Å². The molecule has 2 N–H and O–H groups in total. The smallest absolute Gasteiger partial charge is 0.138 e. The summed E-state index contributed by atoms with van der Waals surface area (Å²) in [7, 11) is 4.82. The van der Waals surface area contributed by atoms with Crippen molar-refractivity contribution in [1.82, 2.24) is 5.32 Å². The van der Waals surface area contributed by atoms with Crippen LogP contribution in [-0.4, -0.2) is 32.9 Å². The van der Waals surface area contributed by atoms with Crippen molar-refractivity contribution in [1.29, 1.82) is 0 Å². The van der Waals surface area contributed by atoms with Gasteiger partial charge < -0.3 is 19.9 Å². The van der Waals surface area contributed by atoms with Gasteiger partial charge in [0, 0.05) is 12.1 Å². The summed E-state index contributed by atoms with van der Waals surface area (Å²) >= 11 is 6.13. The molecule has 0 aliphatic rings. The number of likely N-dealkylation sites (N-methyl/N-ethyl adjacent to an activating group) is 1. The van der Waals surface area contributed by atoms with Crippen molar-refractivity contribution in [3.8, 4) is 11.5 Å². The van der Waals surface area contributed by atoms with E-state index < -0.39 is 6.10 Å². The summed E-state index contributed by atoms with van der Waals surface area (Å²) in [5, 5.41) is 13.2. The standard InChI is InChI=1S/C11H16ClNO3/c1-13-6-7(14)10-8(15-2)4-5-9(16-3)11(10)12/h4-5,7,13-14H,6H2,1-3H3. The van der Waals surface area contributed by atoms with Gasteiger partial charge in [0.2, 0.25) is 0 Å². The lowest BCUT2D eigenvalue weighted by Crippen LogP contribution is -2.17. The third-order valence-corrected chi connectivity index (χ3v) is 2.66. The second-order valence-electron chi connectivity index (χ2n) is 3.27. The summed E-state index contributed by atoms with van der Waals surface area (Å²) in [5.41, 5.74) is 0.540. The van der Waals surface area contributed by atoms with Crippen molar-refractivity contribution in [3.05, 3.63) is 22.7 Å². The van der Waals surface area contributed by atoms with Crippen LogP contribution in [0.1, 0.15) is 11.7 Å². The largest absolute Gasteiger partial charge is 0.496 e. The summed E-state index contributed by atoms with van der Waals surface area (Å²) < 4.78 is 10.3. The van der Waals surface area contributed by atoms with Crippen molar-refractivity contribution in [2.45, 2.75) is 6.10 Å². The Hall–Kier alpha value is -0.970. The van der Waals surface area contributed by atoms with Crippen molar-refractivity contribution >= 4 is 11.6 Å². The van der Waals surface area contributed by atoms with Crippen LogP contribution < -0.4 is 14.8 Å². The van der Waals surface area contributed by atoms with Gasteiger partial charge in [0.05, 0.1) is 25.3 Å². The van der Waals surface area contributed by atoms with Crippen LogP contribution in [0.25, 0.3) is 0 Å². The zero-order valence-corrected chi connectivity index (χ0v) is 10.3. The molecule has 1 atom stereocenters. The van der Waals surface area contributed by atoms with E-state index in [1.807, 2.05) is 0 Å². The average Bonchev–Trinajstić information content (AvgIpc) is 2.28. The van der Waals surface area contributed by atoms with E-state index in [2.05, 4.69) is 5.32 Å². The van der Waals surface area contributed by atoms with E-state index >= 15 is 0 Å². The van der Waals surface area contributed by atoms with Gasteiger partial charge in [0.1, 0.15) is 11.5 Å². The molecule has 0 fully saturated rings. The fourth-order valence-corrected chi connectivity index (χ4v) is 1.86. The second kappa shape index (κ2) is 5.94. The van der Waals surface area contributed by atoms with Gasteiger partial charge in [-0.3, -0.25) is 0 Å². The lowest BCUT2D eigenvalue weighted by molar-refractivity contribution is 0.173. The second-order valence-corrected chi connectivity index (χ2v) is 3.65. The molecule has 1 rings (SSSR count). The molecule has 0 saturated heterocycles. The Morgan fingerprint density at radius 1 is 1.31 bits per heavy atom. The van der Waals surface area contributed by atoms with E-state index in [1.165, 1.54) is 14.2 Å². The number of methoxy groups -OCH3 is 2. The maximum atomic E-state index is 9.95. The highest BCUT2D eigenvalue weighted by molar-refractivity contribution is 6.33. The molecule has 0 aromatic heterocycles. The van der Waals surface area contributed by atoms with Gasteiger partial charge in [0.15, 0.2) is 0 Å². The van der Waals surface area contributed by atoms with Crippen LogP contribution in [0.15, 0.2) is 12.1 Å². The van der Waals surface area contributed by atoms with E-state index in [9.17, 15) is 5.11 Å². The molecule has 90 valence electrons. The first-order chi connectivity index (χ1) is 7.65. The molecule has 0 spiro atoms. The number of aliphatic hydroxyl groups is 1. The summed E-state index contributed by atoms with van der Waals surface area (Å²) in [4.78, 5) is 0. The number of hydrogen-bond acceptors (Lipinski definition) is 4. The maximum absolute atomic E-state index is 9.95. The molecule has 0 aliphatic heterocycles. The van der Waals surface area contributed by atoms with Crippen LogP contribution >= 0.6 is 11.6 Å². The topological polar surface area (TPSA) is 50.7 Å². The minimum atomic E-state index is -0.734. The van der Waals surface area contributed by atoms with Crippen molar-refractivity contribution < 1.29 is 14.6 Å². The van der Waals surface area contributed by atoms with E-state index in [0.29, 0.717) is 28.6 Å². The van der Waals surface area contributed by atoms with Crippen LogP contribution in [0.4, 0.5) is 0 Å². The monoisotopic (exact) mass is 245 g/mol. The SMILES string of the molecule is CNCC(O)c1c(OC)ccc(OC)c1Cl. The molecule has 1 unspecified atom stereocenters. The lowest BCUT2D eigenvalue weighted by atomic mass is 10.1. The Bertz CT molecular complexity index is 357. The highest BCUT2D eigenvalue weighted by atomic mass is 35.5. The summed E-state index contributed by atoms with van der Waals surface area (Å²) in [6.45, 7) is 0.392. The van der Waals surface area contributed by atoms with E-state index in [0.717, 1.165) is 0 Å². The summed E-state index contributed by atoms with van der Waals surface area (Å²) in [6.07, 6.45) is -0.734. The highest BCUT2D eigenvalue weighted by Crippen LogP contribution is 2.38. The third-order valence-electron chi connectivity index (χ3n) is 2.27. The van der Waals surface area contributed by atoms with Gasteiger partial charge in [-0.05, 0) is 19.2 Å². The Kier molecular flexibility index (Phi) is 4.86. The minimum absolute atomic E-state index is 0.379. The quantitative estimate of drug-likeness (QED) is 0.828. The van der Waals surface area contributed by atoms with Gasteiger partial charge in [-0.2, -0.15) is 0 Å². The molecular weight excluding hydrogens is 230 g/mol. The Labute approximate surface area is 100 Å². The predicted molar refractivity (Wildman–Crippen MR) is 63.4 cm³/mol. The third kappa shape index (κ3) is 2.58. The fraction of sp³-hybridized carbons (Fsp3) is 0.455. The number of benzene rings is 1. The molecule has 0 radical (unpaired) electrons. The fourth-order valence-electron chi connectivity index (χ4n) is 1.50. The molecule has 4 nitrogen and oxygen atoms in total. The highest BCUT2D eigenvalue weighted by Gasteiger charge is 2.19. The van der Waals surface area contributed by atoms with Gasteiger partial charge in [-0.25, -0.2) is 0 Å². The minimum Gasteiger partial charge on any atom is -0.496 e. The molecular formula is C11H16ClNO3. The molecule has 1 aromatic rings. The summed E-state index contributed by atoms with van der Waals surface area (Å²) in [5.74, 6) is 1.07. The van der Waals surface area contributed by atoms with Gasteiger partial charge in [-0.1, -0.05) is 11.6 Å². The number of nitrogens with one attached hydrogen (secondary N) is 1. The molecule has 0 bridgehead atoms. The molecule has 0 aliphatic carbocycles. The van der Waals surface area contributed by atoms with E-state index in [1.54, 1.807) is 19.2 Å². The van der Waals surface area contributed by atoms with Crippen LogP contribution in [0.5, 0.6) is 11.5 Å². The first kappa shape index (κ1) is 13.1. The van der Waals surface area contributed by atoms with Gasteiger partial charge in [-0.15, -0.1) is 0 Å². The normalized spacial score (nSPS) is 12.3. The molecule has 0 amide bonds. The van der Waals surface area contributed by atoms with Crippen LogP contribution in [0.2, 0.25) is 5.02 Å². The zero-order chi connectivity index (χ0) is 12.1. The Morgan fingerprint density at radius 3 is 2.38 bits per heavy atom. The average molecular weight is 246 g/mol. The van der Waals surface area contributed by atoms with E-state index in [-0.39, 0.29) is 0 Å². The predicted octanol–water partition coefficient (Wildman–Crippen LogP) is 1.61. The first-order valence-corrected chi connectivity index (χ1v) is 5.26. The van der Waals surface area contributed by atoms with Gasteiger partial charge in [0.25, 0.3) is 0 Å². The van der Waals surface area contributed by atoms with Crippen molar-refractivity contribution in [3.63, 3.8) is 0 Å². The Morgan fingerprint density at radius 2 is 1.88 bits per heavy atom. The van der Waals surface area contributed by atoms with Crippen LogP contribution in [0, 0.1) is 0 Å². The summed E-state index contributed by atoms with van der Waals surface area (Å²) in [6, 6.07) is 3.43. The molecule has 0 heterocycles.